The molecule has 0 fully saturated rings. The molecule has 60 valence electrons. The van der Waals surface area contributed by atoms with Crippen LogP contribution >= 0.6 is 0 Å². The van der Waals surface area contributed by atoms with Crippen molar-refractivity contribution >= 4 is 0 Å². The van der Waals surface area contributed by atoms with Crippen molar-refractivity contribution in [1.82, 2.24) is 0 Å². The minimum Gasteiger partial charge on any atom is -0.876 e. The van der Waals surface area contributed by atoms with Gasteiger partial charge in [0.1, 0.15) is 0 Å². The first-order valence-electron chi connectivity index (χ1n) is 3.90. The fourth-order valence-electron chi connectivity index (χ4n) is 0.842. The van der Waals surface area contributed by atoms with E-state index in [1.807, 2.05) is 13.8 Å². The van der Waals surface area contributed by atoms with Gasteiger partial charge in [0.15, 0.2) is 0 Å². The van der Waals surface area contributed by atoms with Crippen molar-refractivity contribution in [3.8, 4) is 0 Å². The van der Waals surface area contributed by atoms with Gasteiger partial charge in [-0.3, -0.25) is 0 Å². The smallest absolute Gasteiger partial charge is 0.876 e. The van der Waals surface area contributed by atoms with Gasteiger partial charge in [-0.15, -0.1) is 5.76 Å². The van der Waals surface area contributed by atoms with Crippen LogP contribution in [0, 0.1) is 11.8 Å². The normalized spacial score (nSPS) is 12.0. The molecule has 0 N–H and O–H groups in total. The maximum Gasteiger partial charge on any atom is 1.00 e. The Labute approximate surface area is 82.1 Å². The van der Waals surface area contributed by atoms with Crippen LogP contribution in [0.15, 0.2) is 11.8 Å². The van der Waals surface area contributed by atoms with Crippen LogP contribution in [0.5, 0.6) is 0 Å². The molecule has 0 aliphatic carbocycles. The Bertz CT molecular complexity index is 117. The van der Waals surface area contributed by atoms with Crippen molar-refractivity contribution in [2.75, 3.05) is 0 Å². The first kappa shape index (κ1) is 13.7. The predicted molar refractivity (Wildman–Crippen MR) is 42.4 cm³/mol. The number of hydrogen-bond donors (Lipinski definition) is 0. The first-order chi connectivity index (χ1) is 4.52. The van der Waals surface area contributed by atoms with Crippen molar-refractivity contribution < 1.29 is 24.0 Å². The molecule has 0 atom stereocenters. The van der Waals surface area contributed by atoms with E-state index in [0.29, 0.717) is 18.3 Å². The van der Waals surface area contributed by atoms with Crippen LogP contribution in [0.4, 0.5) is 0 Å². The molecule has 2 heteroatoms. The molecule has 0 spiro atoms. The third kappa shape index (κ3) is 10.1. The van der Waals surface area contributed by atoms with Crippen molar-refractivity contribution in [3.63, 3.8) is 0 Å². The molecule has 0 heterocycles. The molecule has 1 nitrogen and oxygen atoms in total. The first-order valence-corrected chi connectivity index (χ1v) is 3.90. The summed E-state index contributed by atoms with van der Waals surface area (Å²) < 4.78 is 0. The standard InChI is InChI=1S/C9H18O.Li/c1-7(2)5-9(10)6-8(3)4;/h5,7-8,10H,6H2,1-4H3;/q;+1/p-1/b9-5+;. The van der Waals surface area contributed by atoms with Crippen LogP contribution in [0.1, 0.15) is 34.1 Å². The summed E-state index contributed by atoms with van der Waals surface area (Å²) in [5.74, 6) is 1.17. The molecular formula is C9H17LiO. The summed E-state index contributed by atoms with van der Waals surface area (Å²) >= 11 is 0. The second-order valence-electron chi connectivity index (χ2n) is 3.47. The van der Waals surface area contributed by atoms with Gasteiger partial charge in [-0.2, -0.15) is 0 Å². The summed E-state index contributed by atoms with van der Waals surface area (Å²) in [6.07, 6.45) is 2.48. The summed E-state index contributed by atoms with van der Waals surface area (Å²) in [5.41, 5.74) is 0. The topological polar surface area (TPSA) is 23.1 Å². The summed E-state index contributed by atoms with van der Waals surface area (Å²) in [6.45, 7) is 8.18. The zero-order valence-corrected chi connectivity index (χ0v) is 8.35. The van der Waals surface area contributed by atoms with Crippen LogP contribution < -0.4 is 24.0 Å². The van der Waals surface area contributed by atoms with Crippen LogP contribution in [0.25, 0.3) is 0 Å². The number of hydrogen-bond acceptors (Lipinski definition) is 1. The fourth-order valence-corrected chi connectivity index (χ4v) is 0.842. The van der Waals surface area contributed by atoms with Gasteiger partial charge < -0.3 is 5.11 Å². The predicted octanol–water partition coefficient (Wildman–Crippen LogP) is -1.06. The van der Waals surface area contributed by atoms with Gasteiger partial charge in [0.2, 0.25) is 0 Å². The Kier molecular flexibility index (Phi) is 8.50. The molecule has 0 rings (SSSR count). The Hall–Kier alpha value is 0.137. The average Bonchev–Trinajstić information content (AvgIpc) is 1.58. The summed E-state index contributed by atoms with van der Waals surface area (Å²) in [7, 11) is 0. The molecule has 0 aliphatic heterocycles. The molecule has 0 aromatic rings. The van der Waals surface area contributed by atoms with Crippen molar-refractivity contribution in [2.24, 2.45) is 11.8 Å². The zero-order valence-electron chi connectivity index (χ0n) is 8.35. The minimum absolute atomic E-state index is 0. The van der Waals surface area contributed by atoms with E-state index in [2.05, 4.69) is 13.8 Å². The molecule has 0 aromatic carbocycles. The third-order valence-corrected chi connectivity index (χ3v) is 1.13. The van der Waals surface area contributed by atoms with E-state index in [4.69, 9.17) is 0 Å². The van der Waals surface area contributed by atoms with Gasteiger partial charge in [-0.1, -0.05) is 33.8 Å². The Morgan fingerprint density at radius 3 is 2.00 bits per heavy atom. The van der Waals surface area contributed by atoms with Crippen molar-refractivity contribution in [2.45, 2.75) is 34.1 Å². The van der Waals surface area contributed by atoms with Gasteiger partial charge in [0.05, 0.1) is 0 Å². The van der Waals surface area contributed by atoms with Gasteiger partial charge in [-0.25, -0.2) is 0 Å². The van der Waals surface area contributed by atoms with Crippen LogP contribution in [0.2, 0.25) is 0 Å². The second kappa shape index (κ2) is 6.82. The summed E-state index contributed by atoms with van der Waals surface area (Å²) in [6, 6.07) is 0. The van der Waals surface area contributed by atoms with E-state index in [9.17, 15) is 5.11 Å². The molecule has 0 saturated carbocycles. The fraction of sp³-hybridized carbons (Fsp3) is 0.778. The SMILES string of the molecule is CC(C)/C=C(/[O-])CC(C)C.[Li+]. The van der Waals surface area contributed by atoms with Gasteiger partial charge in [0, 0.05) is 0 Å². The van der Waals surface area contributed by atoms with E-state index in [-0.39, 0.29) is 24.6 Å². The maximum atomic E-state index is 11.0. The third-order valence-electron chi connectivity index (χ3n) is 1.13. The van der Waals surface area contributed by atoms with Crippen LogP contribution in [-0.2, 0) is 0 Å². The van der Waals surface area contributed by atoms with E-state index >= 15 is 0 Å². The molecule has 0 aromatic heterocycles. The maximum absolute atomic E-state index is 11.0. The zero-order chi connectivity index (χ0) is 8.15. The molecule has 0 saturated heterocycles. The number of rotatable bonds is 3. The molecule has 0 bridgehead atoms. The summed E-state index contributed by atoms with van der Waals surface area (Å²) in [4.78, 5) is 0. The number of allylic oxidation sites excluding steroid dienone is 2. The van der Waals surface area contributed by atoms with Crippen LogP contribution in [-0.4, -0.2) is 0 Å². The molecule has 0 amide bonds. The Balaban J connectivity index is 0. The monoisotopic (exact) mass is 148 g/mol. The van der Waals surface area contributed by atoms with Gasteiger partial charge in [-0.05, 0) is 18.3 Å². The average molecular weight is 148 g/mol. The molecular weight excluding hydrogens is 131 g/mol. The second-order valence-corrected chi connectivity index (χ2v) is 3.47. The van der Waals surface area contributed by atoms with Crippen molar-refractivity contribution in [3.05, 3.63) is 11.8 Å². The largest absolute Gasteiger partial charge is 1.00 e. The van der Waals surface area contributed by atoms with E-state index in [1.165, 1.54) is 0 Å². The van der Waals surface area contributed by atoms with Gasteiger partial charge in [0.25, 0.3) is 0 Å². The van der Waals surface area contributed by atoms with E-state index in [1.54, 1.807) is 6.08 Å². The van der Waals surface area contributed by atoms with Gasteiger partial charge >= 0.3 is 18.9 Å². The van der Waals surface area contributed by atoms with E-state index in [0.717, 1.165) is 0 Å². The molecule has 0 unspecified atom stereocenters. The summed E-state index contributed by atoms with van der Waals surface area (Å²) in [5, 5.41) is 11.0. The Morgan fingerprint density at radius 2 is 1.73 bits per heavy atom. The van der Waals surface area contributed by atoms with Crippen LogP contribution in [0.3, 0.4) is 0 Å². The Morgan fingerprint density at radius 1 is 1.27 bits per heavy atom. The van der Waals surface area contributed by atoms with E-state index < -0.39 is 0 Å². The molecule has 0 aliphatic rings. The van der Waals surface area contributed by atoms with Crippen molar-refractivity contribution in [1.29, 1.82) is 0 Å². The minimum atomic E-state index is 0. The quantitative estimate of drug-likeness (QED) is 0.369. The molecule has 11 heavy (non-hydrogen) atoms. The molecule has 0 radical (unpaired) electrons.